The molecule has 2 rings (SSSR count). The van der Waals surface area contributed by atoms with Crippen molar-refractivity contribution in [3.8, 4) is 5.75 Å². The minimum absolute atomic E-state index is 0.796. The van der Waals surface area contributed by atoms with E-state index in [2.05, 4.69) is 11.3 Å². The molecule has 1 aliphatic rings. The molecule has 1 aliphatic heterocycles. The first-order valence-corrected chi connectivity index (χ1v) is 3.33. The Morgan fingerprint density at radius 1 is 1.27 bits per heavy atom. The van der Waals surface area contributed by atoms with Crippen LogP contribution in [0.15, 0.2) is 35.5 Å². The molecular formula is C9H6NO. The molecule has 0 saturated heterocycles. The Hall–Kier alpha value is -1.57. The second kappa shape index (κ2) is 2.58. The first-order chi connectivity index (χ1) is 5.47. The summed E-state index contributed by atoms with van der Waals surface area (Å²) in [7, 11) is 0. The molecule has 1 aromatic carbocycles. The summed E-state index contributed by atoms with van der Waals surface area (Å²) < 4.78 is 5.12. The van der Waals surface area contributed by atoms with E-state index < -0.39 is 0 Å². The predicted molar refractivity (Wildman–Crippen MR) is 42.5 cm³/mol. The first kappa shape index (κ1) is 6.16. The molecule has 1 heterocycles. The van der Waals surface area contributed by atoms with Crippen molar-refractivity contribution >= 4 is 6.21 Å². The second-order valence-corrected chi connectivity index (χ2v) is 2.17. The van der Waals surface area contributed by atoms with Crippen LogP contribution in [0.4, 0.5) is 0 Å². The van der Waals surface area contributed by atoms with Gasteiger partial charge in [0.15, 0.2) is 6.26 Å². The molecule has 0 spiro atoms. The molecule has 0 saturated carbocycles. The van der Waals surface area contributed by atoms with Crippen LogP contribution in [0.2, 0.25) is 0 Å². The molecule has 0 atom stereocenters. The Kier molecular flexibility index (Phi) is 1.44. The third-order valence-corrected chi connectivity index (χ3v) is 1.43. The Labute approximate surface area is 64.8 Å². The lowest BCUT2D eigenvalue weighted by molar-refractivity contribution is 0.452. The van der Waals surface area contributed by atoms with E-state index in [0.717, 1.165) is 11.3 Å². The number of ether oxygens (including phenoxy) is 1. The third-order valence-electron chi connectivity index (χ3n) is 1.43. The van der Waals surface area contributed by atoms with Crippen LogP contribution in [0.25, 0.3) is 0 Å². The number of para-hydroxylation sites is 1. The molecule has 0 aromatic heterocycles. The van der Waals surface area contributed by atoms with Gasteiger partial charge < -0.3 is 4.74 Å². The highest BCUT2D eigenvalue weighted by atomic mass is 16.5. The fourth-order valence-corrected chi connectivity index (χ4v) is 0.918. The Balaban J connectivity index is 2.52. The molecule has 0 bridgehead atoms. The SMILES string of the molecule is [C]1=CN=Cc2ccccc2O1. The molecule has 11 heavy (non-hydrogen) atoms. The van der Waals surface area contributed by atoms with Crippen LogP contribution in [0.3, 0.4) is 0 Å². The maximum atomic E-state index is 5.12. The van der Waals surface area contributed by atoms with Crippen molar-refractivity contribution in [2.24, 2.45) is 4.99 Å². The Bertz CT molecular complexity index is 315. The van der Waals surface area contributed by atoms with Crippen LogP contribution in [-0.2, 0) is 0 Å². The lowest BCUT2D eigenvalue weighted by Gasteiger charge is -1.99. The molecule has 1 radical (unpaired) electrons. The molecule has 2 heteroatoms. The zero-order valence-electron chi connectivity index (χ0n) is 5.82. The largest absolute Gasteiger partial charge is 0.451 e. The van der Waals surface area contributed by atoms with Gasteiger partial charge in [0.25, 0.3) is 0 Å². The quantitative estimate of drug-likeness (QED) is 0.543. The number of hydrogen-bond acceptors (Lipinski definition) is 2. The highest BCUT2D eigenvalue weighted by molar-refractivity contribution is 5.84. The summed E-state index contributed by atoms with van der Waals surface area (Å²) in [6, 6.07) is 7.69. The van der Waals surface area contributed by atoms with Gasteiger partial charge in [0.1, 0.15) is 5.75 Å². The van der Waals surface area contributed by atoms with Crippen molar-refractivity contribution in [3.63, 3.8) is 0 Å². The van der Waals surface area contributed by atoms with Gasteiger partial charge in [0, 0.05) is 11.8 Å². The van der Waals surface area contributed by atoms with Gasteiger partial charge in [0.2, 0.25) is 0 Å². The van der Waals surface area contributed by atoms with E-state index in [0.29, 0.717) is 0 Å². The van der Waals surface area contributed by atoms with E-state index in [1.54, 1.807) is 6.21 Å². The maximum absolute atomic E-state index is 5.12. The molecular weight excluding hydrogens is 138 g/mol. The van der Waals surface area contributed by atoms with Crippen LogP contribution >= 0.6 is 0 Å². The minimum Gasteiger partial charge on any atom is -0.451 e. The number of benzene rings is 1. The van der Waals surface area contributed by atoms with Gasteiger partial charge in [-0.1, -0.05) is 12.1 Å². The zero-order valence-corrected chi connectivity index (χ0v) is 5.82. The van der Waals surface area contributed by atoms with Crippen LogP contribution in [0.5, 0.6) is 5.75 Å². The minimum atomic E-state index is 0.796. The fraction of sp³-hybridized carbons (Fsp3) is 0. The number of rotatable bonds is 0. The summed E-state index contributed by atoms with van der Waals surface area (Å²) in [6.45, 7) is 0. The summed E-state index contributed by atoms with van der Waals surface area (Å²) >= 11 is 0. The summed E-state index contributed by atoms with van der Waals surface area (Å²) in [4.78, 5) is 3.93. The van der Waals surface area contributed by atoms with Gasteiger partial charge in [-0.25, -0.2) is 0 Å². The fourth-order valence-electron chi connectivity index (χ4n) is 0.918. The molecule has 0 N–H and O–H groups in total. The first-order valence-electron chi connectivity index (χ1n) is 3.33. The van der Waals surface area contributed by atoms with E-state index >= 15 is 0 Å². The van der Waals surface area contributed by atoms with Gasteiger partial charge in [-0.05, 0) is 12.1 Å². The van der Waals surface area contributed by atoms with Crippen molar-refractivity contribution in [2.75, 3.05) is 0 Å². The monoisotopic (exact) mass is 144 g/mol. The smallest absolute Gasteiger partial charge is 0.189 e. The number of aliphatic imine (C=N–C) groups is 1. The van der Waals surface area contributed by atoms with Crippen molar-refractivity contribution in [3.05, 3.63) is 42.3 Å². The van der Waals surface area contributed by atoms with Gasteiger partial charge in [0.05, 0.1) is 6.20 Å². The Morgan fingerprint density at radius 2 is 2.18 bits per heavy atom. The lowest BCUT2D eigenvalue weighted by Crippen LogP contribution is -1.86. The van der Waals surface area contributed by atoms with Crippen molar-refractivity contribution in [1.29, 1.82) is 0 Å². The molecule has 0 amide bonds. The van der Waals surface area contributed by atoms with E-state index in [4.69, 9.17) is 4.74 Å². The average Bonchev–Trinajstić information content (AvgIpc) is 2.28. The number of nitrogens with zero attached hydrogens (tertiary/aromatic N) is 1. The summed E-state index contributed by atoms with van der Waals surface area (Å²) in [6.07, 6.45) is 5.83. The van der Waals surface area contributed by atoms with E-state index in [1.165, 1.54) is 6.20 Å². The van der Waals surface area contributed by atoms with Crippen LogP contribution < -0.4 is 4.74 Å². The van der Waals surface area contributed by atoms with Gasteiger partial charge in [-0.3, -0.25) is 4.99 Å². The number of hydrogen-bond donors (Lipinski definition) is 0. The van der Waals surface area contributed by atoms with E-state index in [1.807, 2.05) is 24.3 Å². The lowest BCUT2D eigenvalue weighted by atomic mass is 10.2. The summed E-state index contributed by atoms with van der Waals surface area (Å²) in [5.74, 6) is 0.796. The van der Waals surface area contributed by atoms with Crippen molar-refractivity contribution in [1.82, 2.24) is 0 Å². The van der Waals surface area contributed by atoms with Crippen LogP contribution in [0, 0.1) is 6.26 Å². The highest BCUT2D eigenvalue weighted by Gasteiger charge is 1.99. The molecule has 1 aromatic rings. The average molecular weight is 144 g/mol. The molecule has 0 unspecified atom stereocenters. The summed E-state index contributed by atoms with van der Waals surface area (Å²) in [5, 5.41) is 0. The normalized spacial score (nSPS) is 13.5. The van der Waals surface area contributed by atoms with E-state index in [9.17, 15) is 0 Å². The van der Waals surface area contributed by atoms with Gasteiger partial charge >= 0.3 is 0 Å². The summed E-state index contributed by atoms with van der Waals surface area (Å²) in [5.41, 5.74) is 0.980. The molecule has 0 fully saturated rings. The van der Waals surface area contributed by atoms with Crippen molar-refractivity contribution in [2.45, 2.75) is 0 Å². The maximum Gasteiger partial charge on any atom is 0.189 e. The standard InChI is InChI=1S/C9H6NO/c1-2-4-9-8(3-1)7-10-5-6-11-9/h1-5,7H. The third kappa shape index (κ3) is 1.15. The van der Waals surface area contributed by atoms with Crippen molar-refractivity contribution < 1.29 is 4.74 Å². The highest BCUT2D eigenvalue weighted by Crippen LogP contribution is 2.16. The molecule has 2 nitrogen and oxygen atoms in total. The van der Waals surface area contributed by atoms with Crippen LogP contribution in [-0.4, -0.2) is 6.21 Å². The van der Waals surface area contributed by atoms with E-state index in [-0.39, 0.29) is 0 Å². The van der Waals surface area contributed by atoms with Gasteiger partial charge in [-0.2, -0.15) is 0 Å². The zero-order chi connectivity index (χ0) is 7.52. The molecule has 53 valence electrons. The van der Waals surface area contributed by atoms with Gasteiger partial charge in [-0.15, -0.1) is 0 Å². The van der Waals surface area contributed by atoms with Crippen LogP contribution in [0.1, 0.15) is 5.56 Å². The predicted octanol–water partition coefficient (Wildman–Crippen LogP) is 1.77. The molecule has 0 aliphatic carbocycles. The topological polar surface area (TPSA) is 21.6 Å². The number of fused-ring (bicyclic) bond motifs is 1. The second-order valence-electron chi connectivity index (χ2n) is 2.17. The Morgan fingerprint density at radius 3 is 3.18 bits per heavy atom.